The van der Waals surface area contributed by atoms with Crippen LogP contribution in [-0.4, -0.2) is 11.9 Å². The fraction of sp³-hybridized carbons (Fsp3) is 0.611. The zero-order chi connectivity index (χ0) is 15.4. The number of carbonyl (C=O) groups excluding carboxylic acids is 1. The molecule has 2 nitrogen and oxygen atoms in total. The molecule has 2 atom stereocenters. The molecule has 1 amide bonds. The Bertz CT molecular complexity index is 500. The molecule has 2 unspecified atom stereocenters. The summed E-state index contributed by atoms with van der Waals surface area (Å²) in [5, 5.41) is 0. The van der Waals surface area contributed by atoms with E-state index in [-0.39, 0.29) is 17.8 Å². The third-order valence-corrected chi connectivity index (χ3v) is 4.68. The monoisotopic (exact) mass is 291 g/mol. The van der Waals surface area contributed by atoms with Gasteiger partial charge in [-0.05, 0) is 43.4 Å². The van der Waals surface area contributed by atoms with Crippen LogP contribution < -0.4 is 4.90 Å². The van der Waals surface area contributed by atoms with Crippen LogP contribution in [0.5, 0.6) is 0 Å². The lowest BCUT2D eigenvalue weighted by Crippen LogP contribution is -2.38. The first-order chi connectivity index (χ1) is 10.1. The number of hydrogen-bond acceptors (Lipinski definition) is 1. The molecular formula is C18H26FNO. The fourth-order valence-corrected chi connectivity index (χ4v) is 3.35. The molecule has 1 aromatic rings. The van der Waals surface area contributed by atoms with Gasteiger partial charge in [-0.25, -0.2) is 4.39 Å². The second kappa shape index (κ2) is 7.06. The minimum Gasteiger partial charge on any atom is -0.309 e. The highest BCUT2D eigenvalue weighted by Gasteiger charge is 2.36. The summed E-state index contributed by atoms with van der Waals surface area (Å²) in [6.07, 6.45) is 6.08. The Balaban J connectivity index is 2.25. The SMILES string of the molecule is CCCCC(CC)C1CCC(=O)N1c1ccc(C)c(F)c1. The van der Waals surface area contributed by atoms with E-state index in [1.54, 1.807) is 13.0 Å². The Labute approximate surface area is 127 Å². The highest BCUT2D eigenvalue weighted by atomic mass is 19.1. The molecule has 1 saturated heterocycles. The van der Waals surface area contributed by atoms with Gasteiger partial charge in [-0.3, -0.25) is 4.79 Å². The van der Waals surface area contributed by atoms with Gasteiger partial charge in [-0.1, -0.05) is 39.2 Å². The summed E-state index contributed by atoms with van der Waals surface area (Å²) in [6, 6.07) is 5.38. The first kappa shape index (κ1) is 16.0. The highest BCUT2D eigenvalue weighted by molar-refractivity contribution is 5.96. The summed E-state index contributed by atoms with van der Waals surface area (Å²) in [6.45, 7) is 6.13. The number of carbonyl (C=O) groups is 1. The Morgan fingerprint density at radius 2 is 2.14 bits per heavy atom. The van der Waals surface area contributed by atoms with Gasteiger partial charge in [-0.15, -0.1) is 0 Å². The van der Waals surface area contributed by atoms with Crippen LogP contribution in [0.1, 0.15) is 57.9 Å². The smallest absolute Gasteiger partial charge is 0.227 e. The minimum atomic E-state index is -0.229. The molecule has 0 saturated carbocycles. The van der Waals surface area contributed by atoms with Crippen molar-refractivity contribution in [1.29, 1.82) is 0 Å². The second-order valence-corrected chi connectivity index (χ2v) is 6.11. The molecule has 0 aromatic heterocycles. The summed E-state index contributed by atoms with van der Waals surface area (Å²) in [4.78, 5) is 14.1. The summed E-state index contributed by atoms with van der Waals surface area (Å²) in [5.74, 6) is 0.423. The second-order valence-electron chi connectivity index (χ2n) is 6.11. The number of anilines is 1. The average Bonchev–Trinajstić information content (AvgIpc) is 2.85. The molecule has 0 aliphatic carbocycles. The van der Waals surface area contributed by atoms with Crippen molar-refractivity contribution in [3.8, 4) is 0 Å². The van der Waals surface area contributed by atoms with Crippen LogP contribution >= 0.6 is 0 Å². The maximum Gasteiger partial charge on any atom is 0.227 e. The van der Waals surface area contributed by atoms with Gasteiger partial charge in [0.15, 0.2) is 0 Å². The van der Waals surface area contributed by atoms with Crippen molar-refractivity contribution < 1.29 is 9.18 Å². The number of amides is 1. The van der Waals surface area contributed by atoms with E-state index >= 15 is 0 Å². The first-order valence-electron chi connectivity index (χ1n) is 8.16. The van der Waals surface area contributed by atoms with Crippen LogP contribution in [0, 0.1) is 18.7 Å². The summed E-state index contributed by atoms with van der Waals surface area (Å²) < 4.78 is 13.8. The fourth-order valence-electron chi connectivity index (χ4n) is 3.35. The molecule has 0 bridgehead atoms. The molecule has 2 rings (SSSR count). The normalized spacial score (nSPS) is 20.1. The molecule has 0 spiro atoms. The van der Waals surface area contributed by atoms with Gasteiger partial charge < -0.3 is 4.90 Å². The number of hydrogen-bond donors (Lipinski definition) is 0. The van der Waals surface area contributed by atoms with Gasteiger partial charge in [0.2, 0.25) is 5.91 Å². The summed E-state index contributed by atoms with van der Waals surface area (Å²) in [7, 11) is 0. The van der Waals surface area contributed by atoms with Crippen LogP contribution in [0.3, 0.4) is 0 Å². The van der Waals surface area contributed by atoms with E-state index in [4.69, 9.17) is 0 Å². The topological polar surface area (TPSA) is 20.3 Å². The van der Waals surface area contributed by atoms with Crippen LogP contribution in [-0.2, 0) is 4.79 Å². The zero-order valence-electron chi connectivity index (χ0n) is 13.4. The molecule has 21 heavy (non-hydrogen) atoms. The Morgan fingerprint density at radius 1 is 1.38 bits per heavy atom. The zero-order valence-corrected chi connectivity index (χ0v) is 13.4. The number of rotatable bonds is 6. The molecular weight excluding hydrogens is 265 g/mol. The number of benzene rings is 1. The van der Waals surface area contributed by atoms with Gasteiger partial charge in [-0.2, -0.15) is 0 Å². The van der Waals surface area contributed by atoms with Crippen molar-refractivity contribution in [3.63, 3.8) is 0 Å². The van der Waals surface area contributed by atoms with Gasteiger partial charge in [0.05, 0.1) is 0 Å². The van der Waals surface area contributed by atoms with E-state index in [1.807, 2.05) is 11.0 Å². The quantitative estimate of drug-likeness (QED) is 0.734. The molecule has 116 valence electrons. The highest BCUT2D eigenvalue weighted by Crippen LogP contribution is 2.34. The standard InChI is InChI=1S/C18H26FNO/c1-4-6-7-14(5-2)17-10-11-18(21)20(17)15-9-8-13(3)16(19)12-15/h8-9,12,14,17H,4-7,10-11H2,1-3H3. The van der Waals surface area contributed by atoms with Crippen LogP contribution in [0.2, 0.25) is 0 Å². The summed E-state index contributed by atoms with van der Waals surface area (Å²) in [5.41, 5.74) is 1.35. The molecule has 0 radical (unpaired) electrons. The molecule has 0 N–H and O–H groups in total. The molecule has 3 heteroatoms. The van der Waals surface area contributed by atoms with Crippen molar-refractivity contribution in [2.24, 2.45) is 5.92 Å². The number of aryl methyl sites for hydroxylation is 1. The number of nitrogens with zero attached hydrogens (tertiary/aromatic N) is 1. The van der Waals surface area contributed by atoms with Gasteiger partial charge >= 0.3 is 0 Å². The van der Waals surface area contributed by atoms with Gasteiger partial charge in [0, 0.05) is 18.2 Å². The molecule has 1 fully saturated rings. The van der Waals surface area contributed by atoms with E-state index < -0.39 is 0 Å². The molecule has 1 aromatic carbocycles. The predicted octanol–water partition coefficient (Wildman–Crippen LogP) is 4.85. The molecule has 1 aliphatic rings. The number of unbranched alkanes of at least 4 members (excludes halogenated alkanes) is 1. The first-order valence-corrected chi connectivity index (χ1v) is 8.16. The third kappa shape index (κ3) is 3.45. The van der Waals surface area contributed by atoms with Crippen LogP contribution in [0.25, 0.3) is 0 Å². The van der Waals surface area contributed by atoms with Crippen LogP contribution in [0.4, 0.5) is 10.1 Å². The maximum absolute atomic E-state index is 13.8. The van der Waals surface area contributed by atoms with Crippen molar-refractivity contribution in [2.45, 2.75) is 65.3 Å². The minimum absolute atomic E-state index is 0.137. The van der Waals surface area contributed by atoms with E-state index in [2.05, 4.69) is 13.8 Å². The van der Waals surface area contributed by atoms with E-state index in [9.17, 15) is 9.18 Å². The van der Waals surface area contributed by atoms with Crippen molar-refractivity contribution in [1.82, 2.24) is 0 Å². The lowest BCUT2D eigenvalue weighted by molar-refractivity contribution is -0.117. The Morgan fingerprint density at radius 3 is 2.76 bits per heavy atom. The maximum atomic E-state index is 13.8. The Kier molecular flexibility index (Phi) is 5.38. The van der Waals surface area contributed by atoms with Crippen molar-refractivity contribution >= 4 is 11.6 Å². The lowest BCUT2D eigenvalue weighted by atomic mass is 9.89. The molecule has 1 aliphatic heterocycles. The van der Waals surface area contributed by atoms with Gasteiger partial charge in [0.25, 0.3) is 0 Å². The van der Waals surface area contributed by atoms with Gasteiger partial charge in [0.1, 0.15) is 5.82 Å². The van der Waals surface area contributed by atoms with Crippen molar-refractivity contribution in [3.05, 3.63) is 29.6 Å². The lowest BCUT2D eigenvalue weighted by Gasteiger charge is -2.31. The van der Waals surface area contributed by atoms with Crippen molar-refractivity contribution in [2.75, 3.05) is 4.90 Å². The van der Waals surface area contributed by atoms with E-state index in [1.165, 1.54) is 18.9 Å². The van der Waals surface area contributed by atoms with E-state index in [0.717, 1.165) is 24.9 Å². The largest absolute Gasteiger partial charge is 0.309 e. The summed E-state index contributed by atoms with van der Waals surface area (Å²) >= 11 is 0. The predicted molar refractivity (Wildman–Crippen MR) is 85.0 cm³/mol. The molecule has 1 heterocycles. The number of halogens is 1. The third-order valence-electron chi connectivity index (χ3n) is 4.68. The Hall–Kier alpha value is -1.38. The van der Waals surface area contributed by atoms with Crippen LogP contribution in [0.15, 0.2) is 18.2 Å². The average molecular weight is 291 g/mol. The van der Waals surface area contributed by atoms with E-state index in [0.29, 0.717) is 17.9 Å².